The molecular formula is C15H21NO3. The van der Waals surface area contributed by atoms with Gasteiger partial charge < -0.3 is 15.5 Å². The Labute approximate surface area is 113 Å². The molecule has 1 aromatic carbocycles. The van der Waals surface area contributed by atoms with Gasteiger partial charge in [0.25, 0.3) is 5.91 Å². The van der Waals surface area contributed by atoms with Crippen LogP contribution >= 0.6 is 0 Å². The molecule has 0 heterocycles. The maximum Gasteiger partial charge on any atom is 0.255 e. The number of phenols is 1. The van der Waals surface area contributed by atoms with E-state index in [1.807, 2.05) is 13.0 Å². The second kappa shape index (κ2) is 6.06. The summed E-state index contributed by atoms with van der Waals surface area (Å²) >= 11 is 0. The number of benzene rings is 1. The molecule has 1 aromatic rings. The van der Waals surface area contributed by atoms with Crippen LogP contribution in [0, 0.1) is 0 Å². The van der Waals surface area contributed by atoms with E-state index in [0.717, 1.165) is 31.2 Å². The summed E-state index contributed by atoms with van der Waals surface area (Å²) in [5, 5.41) is 22.7. The molecular weight excluding hydrogens is 242 g/mol. The number of nitrogens with one attached hydrogen (secondary N) is 1. The van der Waals surface area contributed by atoms with Crippen LogP contribution in [0.1, 0.15) is 48.5 Å². The van der Waals surface area contributed by atoms with Gasteiger partial charge in [-0.3, -0.25) is 4.79 Å². The van der Waals surface area contributed by atoms with Gasteiger partial charge in [-0.05, 0) is 30.9 Å². The van der Waals surface area contributed by atoms with Crippen LogP contribution in [-0.2, 0) is 6.42 Å². The second-order valence-corrected chi connectivity index (χ2v) is 5.10. The quantitative estimate of drug-likeness (QED) is 0.781. The predicted octanol–water partition coefficient (Wildman–Crippen LogP) is 1.99. The highest BCUT2D eigenvalue weighted by Gasteiger charge is 2.25. The van der Waals surface area contributed by atoms with E-state index < -0.39 is 6.10 Å². The average molecular weight is 263 g/mol. The van der Waals surface area contributed by atoms with Crippen LogP contribution in [0.4, 0.5) is 0 Å². The van der Waals surface area contributed by atoms with Gasteiger partial charge in [0, 0.05) is 0 Å². The molecule has 3 N–H and O–H groups in total. The second-order valence-electron chi connectivity index (χ2n) is 5.10. The minimum atomic E-state index is -0.478. The molecule has 2 rings (SSSR count). The maximum atomic E-state index is 12.2. The van der Waals surface area contributed by atoms with Crippen molar-refractivity contribution in [3.63, 3.8) is 0 Å². The fourth-order valence-electron chi connectivity index (χ4n) is 2.59. The molecule has 0 saturated heterocycles. The predicted molar refractivity (Wildman–Crippen MR) is 73.2 cm³/mol. The van der Waals surface area contributed by atoms with E-state index in [1.54, 1.807) is 12.1 Å². The number of rotatable bonds is 3. The molecule has 2 unspecified atom stereocenters. The molecule has 0 radical (unpaired) electrons. The van der Waals surface area contributed by atoms with E-state index in [2.05, 4.69) is 5.32 Å². The van der Waals surface area contributed by atoms with Crippen molar-refractivity contribution in [1.29, 1.82) is 0 Å². The van der Waals surface area contributed by atoms with Crippen molar-refractivity contribution in [1.82, 2.24) is 5.32 Å². The average Bonchev–Trinajstić information content (AvgIpc) is 2.41. The lowest BCUT2D eigenvalue weighted by atomic mass is 9.92. The van der Waals surface area contributed by atoms with Crippen molar-refractivity contribution in [2.75, 3.05) is 0 Å². The molecule has 0 spiro atoms. The molecule has 0 bridgehead atoms. The van der Waals surface area contributed by atoms with Crippen molar-refractivity contribution < 1.29 is 15.0 Å². The van der Waals surface area contributed by atoms with Gasteiger partial charge >= 0.3 is 0 Å². The van der Waals surface area contributed by atoms with E-state index in [9.17, 15) is 15.0 Å². The summed E-state index contributed by atoms with van der Waals surface area (Å²) in [6, 6.07) is 4.98. The highest BCUT2D eigenvalue weighted by atomic mass is 16.3. The molecule has 1 fully saturated rings. The van der Waals surface area contributed by atoms with Crippen molar-refractivity contribution in [2.24, 2.45) is 0 Å². The summed E-state index contributed by atoms with van der Waals surface area (Å²) in [5.74, 6) is -0.258. The van der Waals surface area contributed by atoms with E-state index in [1.165, 1.54) is 0 Å². The van der Waals surface area contributed by atoms with Crippen molar-refractivity contribution in [3.8, 4) is 5.75 Å². The van der Waals surface area contributed by atoms with Gasteiger partial charge in [-0.2, -0.15) is 0 Å². The Morgan fingerprint density at radius 1 is 1.37 bits per heavy atom. The number of aryl methyl sites for hydroxylation is 1. The number of phenolic OH excluding ortho intramolecular Hbond substituents is 1. The number of carbonyl (C=O) groups is 1. The summed E-state index contributed by atoms with van der Waals surface area (Å²) in [7, 11) is 0. The fourth-order valence-corrected chi connectivity index (χ4v) is 2.59. The van der Waals surface area contributed by atoms with Crippen molar-refractivity contribution in [3.05, 3.63) is 29.3 Å². The Balaban J connectivity index is 2.11. The van der Waals surface area contributed by atoms with E-state index in [4.69, 9.17) is 0 Å². The summed E-state index contributed by atoms with van der Waals surface area (Å²) in [6.45, 7) is 1.93. The Morgan fingerprint density at radius 3 is 2.79 bits per heavy atom. The number of hydrogen-bond donors (Lipinski definition) is 3. The van der Waals surface area contributed by atoms with Crippen molar-refractivity contribution in [2.45, 2.75) is 51.2 Å². The molecule has 0 aliphatic heterocycles. The van der Waals surface area contributed by atoms with Crippen LogP contribution in [0.25, 0.3) is 0 Å². The smallest absolute Gasteiger partial charge is 0.255 e. The fraction of sp³-hybridized carbons (Fsp3) is 0.533. The number of aliphatic hydroxyl groups excluding tert-OH is 1. The number of carbonyl (C=O) groups excluding carboxylic acids is 1. The molecule has 104 valence electrons. The summed E-state index contributed by atoms with van der Waals surface area (Å²) in [5.41, 5.74) is 1.05. The highest BCUT2D eigenvalue weighted by molar-refractivity contribution is 5.97. The SMILES string of the molecule is CCc1cccc(C(=O)NC2CCCCC2O)c1O. The monoisotopic (exact) mass is 263 g/mol. The van der Waals surface area contributed by atoms with Crippen LogP contribution in [0.2, 0.25) is 0 Å². The zero-order valence-corrected chi connectivity index (χ0v) is 11.2. The van der Waals surface area contributed by atoms with E-state index >= 15 is 0 Å². The third kappa shape index (κ3) is 3.07. The Hall–Kier alpha value is -1.55. The first-order valence-corrected chi connectivity index (χ1v) is 6.93. The largest absolute Gasteiger partial charge is 0.507 e. The molecule has 1 aliphatic rings. The zero-order valence-electron chi connectivity index (χ0n) is 11.2. The maximum absolute atomic E-state index is 12.2. The van der Waals surface area contributed by atoms with Gasteiger partial charge in [-0.1, -0.05) is 31.9 Å². The summed E-state index contributed by atoms with van der Waals surface area (Å²) in [4.78, 5) is 12.2. The lowest BCUT2D eigenvalue weighted by Crippen LogP contribution is -2.45. The number of amides is 1. The zero-order chi connectivity index (χ0) is 13.8. The third-order valence-electron chi connectivity index (χ3n) is 3.79. The van der Waals surface area contributed by atoms with E-state index in [0.29, 0.717) is 6.42 Å². The molecule has 1 saturated carbocycles. The van der Waals surface area contributed by atoms with Crippen LogP contribution in [0.15, 0.2) is 18.2 Å². The molecule has 0 aromatic heterocycles. The molecule has 4 nitrogen and oxygen atoms in total. The first kappa shape index (κ1) is 13.9. The summed E-state index contributed by atoms with van der Waals surface area (Å²) < 4.78 is 0. The van der Waals surface area contributed by atoms with Gasteiger partial charge in [0.2, 0.25) is 0 Å². The topological polar surface area (TPSA) is 69.6 Å². The third-order valence-corrected chi connectivity index (χ3v) is 3.79. The normalized spacial score (nSPS) is 23.1. The van der Waals surface area contributed by atoms with Crippen molar-refractivity contribution >= 4 is 5.91 Å². The lowest BCUT2D eigenvalue weighted by Gasteiger charge is -2.28. The number of aliphatic hydroxyl groups is 1. The Kier molecular flexibility index (Phi) is 4.43. The Morgan fingerprint density at radius 2 is 2.11 bits per heavy atom. The molecule has 1 aliphatic carbocycles. The van der Waals surface area contributed by atoms with Crippen LogP contribution in [0.3, 0.4) is 0 Å². The minimum absolute atomic E-state index is 0.0489. The molecule has 1 amide bonds. The molecule has 19 heavy (non-hydrogen) atoms. The van der Waals surface area contributed by atoms with Gasteiger partial charge in [-0.15, -0.1) is 0 Å². The summed E-state index contributed by atoms with van der Waals surface area (Å²) in [6.07, 6.45) is 3.74. The van der Waals surface area contributed by atoms with Crippen LogP contribution in [-0.4, -0.2) is 28.3 Å². The van der Waals surface area contributed by atoms with Gasteiger partial charge in [0.1, 0.15) is 5.75 Å². The van der Waals surface area contributed by atoms with Gasteiger partial charge in [0.15, 0.2) is 0 Å². The van der Waals surface area contributed by atoms with E-state index in [-0.39, 0.29) is 23.3 Å². The lowest BCUT2D eigenvalue weighted by molar-refractivity contribution is 0.0715. The van der Waals surface area contributed by atoms with Gasteiger partial charge in [0.05, 0.1) is 17.7 Å². The van der Waals surface area contributed by atoms with Gasteiger partial charge in [-0.25, -0.2) is 0 Å². The minimum Gasteiger partial charge on any atom is -0.507 e. The molecule has 2 atom stereocenters. The highest BCUT2D eigenvalue weighted by Crippen LogP contribution is 2.24. The Bertz CT molecular complexity index is 459. The first-order valence-electron chi connectivity index (χ1n) is 6.93. The number of hydrogen-bond acceptors (Lipinski definition) is 3. The number of aromatic hydroxyl groups is 1. The van der Waals surface area contributed by atoms with Crippen LogP contribution in [0.5, 0.6) is 5.75 Å². The number of para-hydroxylation sites is 1. The van der Waals surface area contributed by atoms with Crippen LogP contribution < -0.4 is 5.32 Å². The first-order chi connectivity index (χ1) is 9.13. The molecule has 4 heteroatoms. The standard InChI is InChI=1S/C15H21NO3/c1-2-10-6-5-7-11(14(10)18)15(19)16-12-8-3-4-9-13(12)17/h5-7,12-13,17-18H,2-4,8-9H2,1H3,(H,16,19).